The van der Waals surface area contributed by atoms with Crippen molar-refractivity contribution in [3.8, 4) is 0 Å². The van der Waals surface area contributed by atoms with Gasteiger partial charge in [-0.15, -0.1) is 0 Å². The number of aliphatic hydroxyl groups excluding tert-OH is 16. The summed E-state index contributed by atoms with van der Waals surface area (Å²) < 4.78 is 70.9. The predicted molar refractivity (Wildman–Crippen MR) is 271 cm³/mol. The summed E-state index contributed by atoms with van der Waals surface area (Å²) in [6.45, 7) is 0.0204. The maximum atomic E-state index is 12.8. The van der Waals surface area contributed by atoms with E-state index in [0.717, 1.165) is 52.9 Å². The molecule has 6 rings (SSSR count). The van der Waals surface area contributed by atoms with Gasteiger partial charge in [0.15, 0.2) is 37.7 Å². The maximum Gasteiger partial charge on any atom is 0.217 e. The highest BCUT2D eigenvalue weighted by Crippen LogP contribution is 2.36. The fourth-order valence-electron chi connectivity index (χ4n) is 10.8. The minimum atomic E-state index is -2.18. The van der Waals surface area contributed by atoms with E-state index in [0.29, 0.717) is 6.42 Å². The second kappa shape index (κ2) is 32.7. The lowest BCUT2D eigenvalue weighted by atomic mass is 9.94. The van der Waals surface area contributed by atoms with Crippen LogP contribution in [0.2, 0.25) is 0 Å². The van der Waals surface area contributed by atoms with Crippen LogP contribution in [0.1, 0.15) is 66.2 Å². The van der Waals surface area contributed by atoms with Gasteiger partial charge in [-0.1, -0.05) is 39.0 Å². The molecule has 0 spiro atoms. The maximum absolute atomic E-state index is 12.8. The fraction of sp³-hybridized carbons (Fsp3) is 0.940. The van der Waals surface area contributed by atoms with Crippen LogP contribution >= 0.6 is 0 Å². The third-order valence-corrected chi connectivity index (χ3v) is 15.4. The first-order chi connectivity index (χ1) is 39.9. The molecule has 3 amide bonds. The summed E-state index contributed by atoms with van der Waals surface area (Å²) in [4.78, 5) is 38.0. The molecule has 0 saturated carbocycles. The third kappa shape index (κ3) is 17.0. The molecule has 6 heterocycles. The first-order valence-corrected chi connectivity index (χ1v) is 28.1. The Labute approximate surface area is 482 Å². The Balaban J connectivity index is 1.21. The topological polar surface area (TPSA) is 522 Å². The molecule has 34 heteroatoms. The second-order valence-electron chi connectivity index (χ2n) is 21.6. The molecule has 6 aliphatic rings. The van der Waals surface area contributed by atoms with Crippen LogP contribution in [0.5, 0.6) is 0 Å². The molecular formula is C50H87N3O31. The van der Waals surface area contributed by atoms with Crippen LogP contribution in [0.3, 0.4) is 0 Å². The van der Waals surface area contributed by atoms with E-state index in [1.165, 1.54) is 0 Å². The largest absolute Gasteiger partial charge is 0.394 e. The summed E-state index contributed by atoms with van der Waals surface area (Å²) in [5.74, 6) is -2.24. The Morgan fingerprint density at radius 2 is 0.702 bits per heavy atom. The molecule has 488 valence electrons. The van der Waals surface area contributed by atoms with Gasteiger partial charge in [0.05, 0.1) is 39.6 Å². The zero-order chi connectivity index (χ0) is 61.9. The lowest BCUT2D eigenvalue weighted by Crippen LogP contribution is -2.70. The lowest BCUT2D eigenvalue weighted by molar-refractivity contribution is -0.378. The molecule has 0 aromatic rings. The number of carbonyl (C=O) groups is 3. The van der Waals surface area contributed by atoms with E-state index in [4.69, 9.17) is 56.8 Å². The van der Waals surface area contributed by atoms with Crippen molar-refractivity contribution in [2.45, 2.75) is 250 Å². The number of aliphatic hydroxyl groups is 16. The SMILES string of the molecule is CCCCCCCCO[C@H]1O[C@H](CO[C@@H]2O[C@H](CO)[C@@H](O[C@@H]3O[C@H](CO)[C@H](O)[C@H](O[C@@H]4O[C@H](CO)[C@@H](O[C@@H]5O[C@H](CO)[C@H](O)[C@H](O)[C@H]5O)[C@H](O)[C@H]4NC(C)=O)[C@H]3O)[C@H](O)[C@H]2NC(C)=O)[C@H](O)[C@H](O[C@@H]2O[C@H](CO)[C@H](O)[C@H](O)[C@H]2O)[C@H]1NC(C)=O. The standard InChI is InChI=1S/C50H87N3O31/c1-5-6-7-8-9-10-11-73-46-29(53-20(4)61)43(83-49-39(71)37(69)31(63)22(13-55)76-49)33(65)26(80-46)17-74-45-27(51-18(2)59)34(66)41(24(15-57)78-45)82-50-40(72)44(32(64)23(14-56)77-50)84-47-28(52-19(3)60)35(67)42(25(16-58)79-47)81-48-38(70)36(68)30(62)21(12-54)75-48/h21-50,54-58,62-72H,5-17H2,1-4H3,(H,51,59)(H,52,60)(H,53,61)/t21-,22-,23-,24-,25-,26-,27-,28-,29-,30+,31+,32+,33+,34-,35-,36+,37+,38-,39-,40-,41-,42-,43-,44+,45-,46+,47+,48+,49+,50+/m1/s1. The minimum Gasteiger partial charge on any atom is -0.394 e. The van der Waals surface area contributed by atoms with Gasteiger partial charge >= 0.3 is 0 Å². The highest BCUT2D eigenvalue weighted by molar-refractivity contribution is 5.74. The van der Waals surface area contributed by atoms with E-state index in [2.05, 4.69) is 22.9 Å². The molecular weight excluding hydrogens is 1140 g/mol. The third-order valence-electron chi connectivity index (χ3n) is 15.4. The van der Waals surface area contributed by atoms with Gasteiger partial charge in [0, 0.05) is 27.4 Å². The minimum absolute atomic E-state index is 0.0714. The number of amides is 3. The van der Waals surface area contributed by atoms with Gasteiger partial charge in [-0.2, -0.15) is 0 Å². The number of carbonyl (C=O) groups excluding carboxylic acids is 3. The lowest BCUT2D eigenvalue weighted by Gasteiger charge is -2.50. The summed E-state index contributed by atoms with van der Waals surface area (Å²) in [6.07, 6.45) is -43.6. The molecule has 84 heavy (non-hydrogen) atoms. The summed E-state index contributed by atoms with van der Waals surface area (Å²) >= 11 is 0. The van der Waals surface area contributed by atoms with E-state index >= 15 is 0 Å². The van der Waals surface area contributed by atoms with Crippen molar-refractivity contribution in [1.82, 2.24) is 16.0 Å². The average molecular weight is 1230 g/mol. The Morgan fingerprint density at radius 1 is 0.345 bits per heavy atom. The van der Waals surface area contributed by atoms with Crippen molar-refractivity contribution in [2.75, 3.05) is 46.2 Å². The molecule has 0 radical (unpaired) electrons. The van der Waals surface area contributed by atoms with Gasteiger partial charge in [0.2, 0.25) is 17.7 Å². The van der Waals surface area contributed by atoms with E-state index in [1.54, 1.807) is 0 Å². The molecule has 6 aliphatic heterocycles. The smallest absolute Gasteiger partial charge is 0.217 e. The summed E-state index contributed by atoms with van der Waals surface area (Å²) in [5.41, 5.74) is 0. The van der Waals surface area contributed by atoms with E-state index in [-0.39, 0.29) is 6.61 Å². The fourth-order valence-corrected chi connectivity index (χ4v) is 10.8. The number of nitrogens with one attached hydrogen (secondary N) is 3. The normalized spacial score (nSPS) is 44.7. The van der Waals surface area contributed by atoms with Crippen molar-refractivity contribution < 1.29 is 153 Å². The van der Waals surface area contributed by atoms with Crippen LogP contribution in [0.15, 0.2) is 0 Å². The Morgan fingerprint density at radius 3 is 1.18 bits per heavy atom. The van der Waals surface area contributed by atoms with Gasteiger partial charge in [0.25, 0.3) is 0 Å². The van der Waals surface area contributed by atoms with Crippen LogP contribution in [0.4, 0.5) is 0 Å². The number of hydrogen-bond donors (Lipinski definition) is 19. The Bertz CT molecular complexity index is 2010. The van der Waals surface area contributed by atoms with Crippen LogP contribution < -0.4 is 16.0 Å². The zero-order valence-electron chi connectivity index (χ0n) is 46.8. The molecule has 0 bridgehead atoms. The van der Waals surface area contributed by atoms with Crippen LogP contribution in [-0.2, 0) is 71.2 Å². The van der Waals surface area contributed by atoms with Crippen molar-refractivity contribution in [2.24, 2.45) is 0 Å². The molecule has 0 aliphatic carbocycles. The Hall–Kier alpha value is -2.71. The number of unbranched alkanes of at least 4 members (excludes halogenated alkanes) is 5. The summed E-state index contributed by atoms with van der Waals surface area (Å²) in [5, 5.41) is 181. The molecule has 0 unspecified atom stereocenters. The number of hydrogen-bond acceptors (Lipinski definition) is 31. The van der Waals surface area contributed by atoms with Gasteiger partial charge < -0.3 is 154 Å². The highest BCUT2D eigenvalue weighted by atomic mass is 16.8. The molecule has 0 aromatic carbocycles. The Kier molecular flexibility index (Phi) is 27.4. The quantitative estimate of drug-likeness (QED) is 0.0340. The first-order valence-electron chi connectivity index (χ1n) is 28.1. The highest BCUT2D eigenvalue weighted by Gasteiger charge is 2.58. The molecule has 30 atom stereocenters. The van der Waals surface area contributed by atoms with E-state index < -0.39 is 241 Å². The van der Waals surface area contributed by atoms with Crippen molar-refractivity contribution in [1.29, 1.82) is 0 Å². The summed E-state index contributed by atoms with van der Waals surface area (Å²) in [6, 6.07) is -4.73. The molecule has 34 nitrogen and oxygen atoms in total. The van der Waals surface area contributed by atoms with Crippen molar-refractivity contribution in [3.63, 3.8) is 0 Å². The van der Waals surface area contributed by atoms with Crippen molar-refractivity contribution >= 4 is 17.7 Å². The van der Waals surface area contributed by atoms with Crippen LogP contribution in [0.25, 0.3) is 0 Å². The predicted octanol–water partition coefficient (Wildman–Crippen LogP) is -10.3. The average Bonchev–Trinajstić information content (AvgIpc) is 3.08. The van der Waals surface area contributed by atoms with Gasteiger partial charge in [0.1, 0.15) is 146 Å². The molecule has 6 fully saturated rings. The van der Waals surface area contributed by atoms with Gasteiger partial charge in [-0.3, -0.25) is 14.4 Å². The zero-order valence-corrected chi connectivity index (χ0v) is 46.8. The second-order valence-corrected chi connectivity index (χ2v) is 21.6. The first kappa shape index (κ1) is 70.4. The monoisotopic (exact) mass is 1230 g/mol. The van der Waals surface area contributed by atoms with Crippen molar-refractivity contribution in [3.05, 3.63) is 0 Å². The van der Waals surface area contributed by atoms with Gasteiger partial charge in [-0.05, 0) is 6.42 Å². The van der Waals surface area contributed by atoms with Crippen LogP contribution in [-0.4, -0.2) is 330 Å². The molecule has 6 saturated heterocycles. The number of ether oxygens (including phenoxy) is 12. The molecule has 0 aromatic heterocycles. The molecule has 19 N–H and O–H groups in total. The van der Waals surface area contributed by atoms with E-state index in [1.807, 2.05) is 0 Å². The van der Waals surface area contributed by atoms with E-state index in [9.17, 15) is 96.1 Å². The van der Waals surface area contributed by atoms with Crippen LogP contribution in [0, 0.1) is 0 Å². The number of rotatable bonds is 27. The summed E-state index contributed by atoms with van der Waals surface area (Å²) in [7, 11) is 0. The van der Waals surface area contributed by atoms with Gasteiger partial charge in [-0.25, -0.2) is 0 Å².